The molecule has 0 spiro atoms. The molecule has 0 N–H and O–H groups in total. The first-order valence-corrected chi connectivity index (χ1v) is 16.8. The molecule has 3 aromatic heterocycles. The lowest BCUT2D eigenvalue weighted by Crippen LogP contribution is -2.09. The maximum Gasteiger partial charge on any atom is 0.227 e. The molecule has 0 saturated heterocycles. The summed E-state index contributed by atoms with van der Waals surface area (Å²) in [5.41, 5.74) is 10.8. The van der Waals surface area contributed by atoms with E-state index in [0.29, 0.717) is 5.71 Å². The molecule has 10 rings (SSSR count). The Hall–Kier alpha value is -6.78. The number of aromatic nitrogens is 2. The van der Waals surface area contributed by atoms with Crippen LogP contribution in [0.1, 0.15) is 0 Å². The predicted octanol–water partition coefficient (Wildman–Crippen LogP) is 12.6. The van der Waals surface area contributed by atoms with Crippen molar-refractivity contribution in [2.24, 2.45) is 0 Å². The van der Waals surface area contributed by atoms with Crippen molar-refractivity contribution in [2.75, 3.05) is 4.90 Å². The smallest absolute Gasteiger partial charge is 0.227 e. The molecule has 0 aliphatic carbocycles. The van der Waals surface area contributed by atoms with Crippen molar-refractivity contribution in [1.82, 2.24) is 9.97 Å². The highest BCUT2D eigenvalue weighted by Crippen LogP contribution is 2.40. The van der Waals surface area contributed by atoms with Gasteiger partial charge in [-0.25, -0.2) is 9.97 Å². The van der Waals surface area contributed by atoms with Gasteiger partial charge >= 0.3 is 0 Å². The van der Waals surface area contributed by atoms with Gasteiger partial charge in [-0.15, -0.1) is 0 Å². The van der Waals surface area contributed by atoms with Crippen LogP contribution in [0.3, 0.4) is 0 Å². The summed E-state index contributed by atoms with van der Waals surface area (Å²) in [6.07, 6.45) is 0. The van der Waals surface area contributed by atoms with E-state index in [-0.39, 0.29) is 0 Å². The van der Waals surface area contributed by atoms with Gasteiger partial charge in [0.2, 0.25) is 5.71 Å². The number of furan rings is 1. The summed E-state index contributed by atoms with van der Waals surface area (Å²) < 4.78 is 6.40. The number of para-hydroxylation sites is 2. The van der Waals surface area contributed by atoms with Crippen molar-refractivity contribution in [1.29, 1.82) is 0 Å². The van der Waals surface area contributed by atoms with E-state index in [1.54, 1.807) is 0 Å². The zero-order chi connectivity index (χ0) is 33.0. The van der Waals surface area contributed by atoms with Gasteiger partial charge in [0, 0.05) is 50.2 Å². The van der Waals surface area contributed by atoms with E-state index in [9.17, 15) is 0 Å². The second-order valence-electron chi connectivity index (χ2n) is 12.7. The van der Waals surface area contributed by atoms with Gasteiger partial charge in [0.15, 0.2) is 0 Å². The Morgan fingerprint density at radius 1 is 0.380 bits per heavy atom. The third-order valence-electron chi connectivity index (χ3n) is 9.64. The molecule has 0 aliphatic heterocycles. The molecule has 0 aliphatic rings. The number of hydrogen-bond donors (Lipinski definition) is 0. The second-order valence-corrected chi connectivity index (χ2v) is 12.7. The quantitative estimate of drug-likeness (QED) is 0.188. The summed E-state index contributed by atoms with van der Waals surface area (Å²) in [6.45, 7) is 0. The topological polar surface area (TPSA) is 42.2 Å². The Labute approximate surface area is 288 Å². The molecule has 50 heavy (non-hydrogen) atoms. The normalized spacial score (nSPS) is 11.6. The third-order valence-corrected chi connectivity index (χ3v) is 9.64. The minimum absolute atomic E-state index is 0.648. The molecule has 0 unspecified atom stereocenters. The minimum Gasteiger partial charge on any atom is -0.438 e. The molecule has 7 aromatic carbocycles. The van der Waals surface area contributed by atoms with Gasteiger partial charge in [-0.2, -0.15) is 0 Å². The Kier molecular flexibility index (Phi) is 6.46. The van der Waals surface area contributed by atoms with E-state index in [1.807, 2.05) is 30.3 Å². The lowest BCUT2D eigenvalue weighted by atomic mass is 10.0. The zero-order valence-corrected chi connectivity index (χ0v) is 27.0. The summed E-state index contributed by atoms with van der Waals surface area (Å²) >= 11 is 0. The first-order chi connectivity index (χ1) is 24.7. The van der Waals surface area contributed by atoms with Gasteiger partial charge in [0.1, 0.15) is 5.58 Å². The zero-order valence-electron chi connectivity index (χ0n) is 27.0. The van der Waals surface area contributed by atoms with E-state index in [0.717, 1.165) is 66.5 Å². The van der Waals surface area contributed by atoms with Crippen LogP contribution >= 0.6 is 0 Å². The first kappa shape index (κ1) is 28.3. The third kappa shape index (κ3) is 4.85. The number of pyridine rings is 2. The van der Waals surface area contributed by atoms with Crippen LogP contribution in [0.5, 0.6) is 0 Å². The number of fused-ring (bicyclic) bond motifs is 6. The monoisotopic (exact) mass is 639 g/mol. The summed E-state index contributed by atoms with van der Waals surface area (Å²) in [7, 11) is 0. The lowest BCUT2D eigenvalue weighted by Gasteiger charge is -2.26. The number of anilines is 3. The predicted molar refractivity (Wildman–Crippen MR) is 207 cm³/mol. The average Bonchev–Trinajstić information content (AvgIpc) is 3.53. The highest BCUT2D eigenvalue weighted by Gasteiger charge is 2.17. The standard InChI is InChI=1S/C46H29N3O/c1-2-9-34-27-35(14-13-30(34)7-1)31-15-20-37(21-16-31)49(38-22-17-33(18-23-38)44-26-19-32-8-3-5-11-42(32)47-44)39-24-25-40-41-28-36-10-4-6-12-43(36)48-46(41)50-45(40)29-39/h1-29H. The molecule has 0 atom stereocenters. The first-order valence-electron chi connectivity index (χ1n) is 16.8. The Balaban J connectivity index is 1.08. The van der Waals surface area contributed by atoms with Gasteiger partial charge in [-0.3, -0.25) is 0 Å². The van der Waals surface area contributed by atoms with Crippen molar-refractivity contribution in [2.45, 2.75) is 0 Å². The van der Waals surface area contributed by atoms with Crippen LogP contribution in [0.4, 0.5) is 17.1 Å². The van der Waals surface area contributed by atoms with E-state index >= 15 is 0 Å². The molecule has 0 amide bonds. The molecular formula is C46H29N3O. The average molecular weight is 640 g/mol. The number of hydrogen-bond acceptors (Lipinski definition) is 4. The minimum atomic E-state index is 0.648. The van der Waals surface area contributed by atoms with E-state index in [1.165, 1.54) is 21.9 Å². The number of benzene rings is 7. The summed E-state index contributed by atoms with van der Waals surface area (Å²) in [4.78, 5) is 12.0. The molecule has 234 valence electrons. The molecule has 4 nitrogen and oxygen atoms in total. The summed E-state index contributed by atoms with van der Waals surface area (Å²) in [6, 6.07) is 61.8. The largest absolute Gasteiger partial charge is 0.438 e. The lowest BCUT2D eigenvalue weighted by molar-refractivity contribution is 0.656. The SMILES string of the molecule is c1ccc2cc(-c3ccc(N(c4ccc(-c5ccc6ccccc6n5)cc4)c4ccc5c(c4)oc4nc6ccccc6cc45)cc3)ccc2c1. The maximum absolute atomic E-state index is 6.40. The molecule has 10 aromatic rings. The van der Waals surface area contributed by atoms with Crippen LogP contribution in [0.2, 0.25) is 0 Å². The van der Waals surface area contributed by atoms with Crippen LogP contribution in [0.25, 0.3) is 77.0 Å². The maximum atomic E-state index is 6.40. The van der Waals surface area contributed by atoms with Crippen LogP contribution in [-0.4, -0.2) is 9.97 Å². The van der Waals surface area contributed by atoms with E-state index in [2.05, 4.69) is 150 Å². The van der Waals surface area contributed by atoms with Crippen molar-refractivity contribution >= 4 is 71.7 Å². The molecule has 0 saturated carbocycles. The van der Waals surface area contributed by atoms with Crippen LogP contribution in [-0.2, 0) is 0 Å². The van der Waals surface area contributed by atoms with Crippen LogP contribution < -0.4 is 4.90 Å². The second kappa shape index (κ2) is 11.4. The summed E-state index contributed by atoms with van der Waals surface area (Å²) in [5.74, 6) is 0. The Bertz CT molecular complexity index is 2750. The highest BCUT2D eigenvalue weighted by atomic mass is 16.3. The van der Waals surface area contributed by atoms with Crippen molar-refractivity contribution in [3.05, 3.63) is 176 Å². The van der Waals surface area contributed by atoms with Crippen LogP contribution in [0.15, 0.2) is 180 Å². The fourth-order valence-electron chi connectivity index (χ4n) is 7.06. The fraction of sp³-hybridized carbons (Fsp3) is 0. The van der Waals surface area contributed by atoms with Gasteiger partial charge in [-0.1, -0.05) is 103 Å². The molecular weight excluding hydrogens is 611 g/mol. The van der Waals surface area contributed by atoms with Crippen molar-refractivity contribution in [3.8, 4) is 22.4 Å². The fourth-order valence-corrected chi connectivity index (χ4v) is 7.06. The van der Waals surface area contributed by atoms with Gasteiger partial charge in [0.05, 0.1) is 16.7 Å². The highest BCUT2D eigenvalue weighted by molar-refractivity contribution is 6.08. The molecule has 0 radical (unpaired) electrons. The molecule has 3 heterocycles. The van der Waals surface area contributed by atoms with Gasteiger partial charge in [-0.05, 0) is 88.6 Å². The molecule has 0 fully saturated rings. The Morgan fingerprint density at radius 2 is 0.980 bits per heavy atom. The molecule has 0 bridgehead atoms. The van der Waals surface area contributed by atoms with Crippen molar-refractivity contribution < 1.29 is 4.42 Å². The number of nitrogens with zero attached hydrogens (tertiary/aromatic N) is 3. The van der Waals surface area contributed by atoms with E-state index in [4.69, 9.17) is 14.4 Å². The van der Waals surface area contributed by atoms with Gasteiger partial charge < -0.3 is 9.32 Å². The van der Waals surface area contributed by atoms with E-state index < -0.39 is 0 Å². The Morgan fingerprint density at radius 3 is 1.76 bits per heavy atom. The van der Waals surface area contributed by atoms with Crippen LogP contribution in [0, 0.1) is 0 Å². The molecule has 4 heteroatoms. The number of rotatable bonds is 5. The van der Waals surface area contributed by atoms with Crippen molar-refractivity contribution in [3.63, 3.8) is 0 Å². The van der Waals surface area contributed by atoms with Gasteiger partial charge in [0.25, 0.3) is 0 Å². The summed E-state index contributed by atoms with van der Waals surface area (Å²) in [5, 5.41) is 6.77.